The number of carbonyl (C=O) groups is 2. The number of imidazole rings is 1. The van der Waals surface area contributed by atoms with E-state index in [4.69, 9.17) is 0 Å². The van der Waals surface area contributed by atoms with Gasteiger partial charge in [-0.1, -0.05) is 6.92 Å². The number of amides is 2. The number of nitrogens with zero attached hydrogens (tertiary/aromatic N) is 3. The van der Waals surface area contributed by atoms with Crippen molar-refractivity contribution in [2.45, 2.75) is 56.7 Å². The van der Waals surface area contributed by atoms with Crippen molar-refractivity contribution in [2.75, 3.05) is 25.4 Å². The number of carbonyl (C=O) groups excluding carboxylic acids is 2. The molecule has 1 aliphatic carbocycles. The van der Waals surface area contributed by atoms with Gasteiger partial charge in [0.1, 0.15) is 0 Å². The maximum absolute atomic E-state index is 13.0. The molecule has 1 atom stereocenters. The van der Waals surface area contributed by atoms with Gasteiger partial charge in [0.25, 0.3) is 0 Å². The molecule has 1 aromatic heterocycles. The number of hydrogen-bond donors (Lipinski definition) is 1. The maximum atomic E-state index is 13.0. The Morgan fingerprint density at radius 3 is 2.73 bits per heavy atom. The molecular formula is C19H28N4O2S. The summed E-state index contributed by atoms with van der Waals surface area (Å²) in [5.74, 6) is 1.69. The Kier molecular flexibility index (Phi) is 4.75. The van der Waals surface area contributed by atoms with Gasteiger partial charge in [0.15, 0.2) is 0 Å². The topological polar surface area (TPSA) is 69.3 Å². The predicted octanol–water partition coefficient (Wildman–Crippen LogP) is 2.16. The Hall–Kier alpha value is -1.50. The number of hydrogen-bond acceptors (Lipinski definition) is 4. The molecule has 1 spiro atoms. The molecule has 0 bridgehead atoms. The van der Waals surface area contributed by atoms with Crippen LogP contribution in [0.2, 0.25) is 0 Å². The van der Waals surface area contributed by atoms with E-state index in [9.17, 15) is 9.59 Å². The third-order valence-electron chi connectivity index (χ3n) is 6.12. The van der Waals surface area contributed by atoms with E-state index >= 15 is 0 Å². The zero-order chi connectivity index (χ0) is 18.3. The van der Waals surface area contributed by atoms with Crippen LogP contribution >= 0.6 is 11.8 Å². The maximum Gasteiger partial charge on any atom is 0.235 e. The van der Waals surface area contributed by atoms with E-state index in [0.29, 0.717) is 19.0 Å². The largest absolute Gasteiger partial charge is 0.348 e. The number of H-pyrrole nitrogens is 1. The van der Waals surface area contributed by atoms with Crippen molar-refractivity contribution in [3.05, 3.63) is 17.7 Å². The van der Waals surface area contributed by atoms with Crippen LogP contribution in [0, 0.1) is 5.92 Å². The SMILES string of the molecule is CCS[C@H](C)C(=O)N1CCC2(CC1)c1nc[nH]c1CCN2C(=O)C1CC1. The Morgan fingerprint density at radius 1 is 1.35 bits per heavy atom. The fourth-order valence-electron chi connectivity index (χ4n) is 4.53. The molecule has 2 aliphatic heterocycles. The third-order valence-corrected chi connectivity index (χ3v) is 7.16. The molecule has 3 aliphatic rings. The van der Waals surface area contributed by atoms with Crippen LogP contribution in [0.3, 0.4) is 0 Å². The van der Waals surface area contributed by atoms with Gasteiger partial charge in [-0.15, -0.1) is 11.8 Å². The summed E-state index contributed by atoms with van der Waals surface area (Å²) in [6.45, 7) is 6.25. The van der Waals surface area contributed by atoms with Gasteiger partial charge in [0.2, 0.25) is 11.8 Å². The van der Waals surface area contributed by atoms with Gasteiger partial charge in [-0.05, 0) is 38.4 Å². The monoisotopic (exact) mass is 376 g/mol. The first-order chi connectivity index (χ1) is 12.6. The summed E-state index contributed by atoms with van der Waals surface area (Å²) in [4.78, 5) is 37.7. The van der Waals surface area contributed by atoms with Crippen LogP contribution < -0.4 is 0 Å². The highest BCUT2D eigenvalue weighted by molar-refractivity contribution is 8.00. The highest BCUT2D eigenvalue weighted by Gasteiger charge is 2.51. The van der Waals surface area contributed by atoms with Crippen LogP contribution in [0.4, 0.5) is 0 Å². The number of likely N-dealkylation sites (tertiary alicyclic amines) is 1. The average molecular weight is 377 g/mol. The first-order valence-electron chi connectivity index (χ1n) is 9.81. The standard InChI is InChI=1S/C19H28N4O2S/c1-3-26-13(2)17(24)22-10-7-19(8-11-22)16-15(20-12-21-16)6-9-23(19)18(25)14-4-5-14/h12-14H,3-11H2,1-2H3,(H,20,21)/t13-/m1/s1. The molecule has 0 radical (unpaired) electrons. The van der Waals surface area contributed by atoms with Crippen molar-refractivity contribution in [3.8, 4) is 0 Å². The summed E-state index contributed by atoms with van der Waals surface area (Å²) >= 11 is 1.69. The fraction of sp³-hybridized carbons (Fsp3) is 0.737. The number of thioether (sulfide) groups is 1. The molecule has 2 fully saturated rings. The zero-order valence-electron chi connectivity index (χ0n) is 15.7. The van der Waals surface area contributed by atoms with Crippen LogP contribution in [-0.2, 0) is 21.5 Å². The molecule has 26 heavy (non-hydrogen) atoms. The van der Waals surface area contributed by atoms with Gasteiger partial charge in [0, 0.05) is 37.7 Å². The molecule has 0 aromatic carbocycles. The van der Waals surface area contributed by atoms with Gasteiger partial charge in [0.05, 0.1) is 22.8 Å². The van der Waals surface area contributed by atoms with Crippen LogP contribution in [-0.4, -0.2) is 62.2 Å². The summed E-state index contributed by atoms with van der Waals surface area (Å²) in [5, 5.41) is 0.00514. The predicted molar refractivity (Wildman–Crippen MR) is 102 cm³/mol. The second kappa shape index (κ2) is 6.91. The Balaban J connectivity index is 1.56. The first kappa shape index (κ1) is 17.9. The summed E-state index contributed by atoms with van der Waals surface area (Å²) in [6.07, 6.45) is 6.24. The molecule has 142 valence electrons. The average Bonchev–Trinajstić information content (AvgIpc) is 3.39. The lowest BCUT2D eigenvalue weighted by atomic mass is 9.78. The Labute approximate surface area is 159 Å². The molecule has 6 nitrogen and oxygen atoms in total. The van der Waals surface area contributed by atoms with Crippen LogP contribution in [0.1, 0.15) is 50.9 Å². The molecule has 1 aromatic rings. The summed E-state index contributed by atoms with van der Waals surface area (Å²) in [5.41, 5.74) is 1.88. The Morgan fingerprint density at radius 2 is 2.08 bits per heavy atom. The van der Waals surface area contributed by atoms with Crippen molar-refractivity contribution in [2.24, 2.45) is 5.92 Å². The molecular weight excluding hydrogens is 348 g/mol. The second-order valence-electron chi connectivity index (χ2n) is 7.70. The number of aromatic amines is 1. The molecule has 2 amide bonds. The lowest BCUT2D eigenvalue weighted by Gasteiger charge is -2.50. The molecule has 1 saturated heterocycles. The minimum atomic E-state index is -0.328. The molecule has 3 heterocycles. The first-order valence-corrected chi connectivity index (χ1v) is 10.9. The van der Waals surface area contributed by atoms with Crippen LogP contribution in [0.25, 0.3) is 0 Å². The van der Waals surface area contributed by atoms with Gasteiger partial charge in [-0.3, -0.25) is 9.59 Å². The molecule has 1 N–H and O–H groups in total. The number of aromatic nitrogens is 2. The van der Waals surface area contributed by atoms with Crippen molar-refractivity contribution in [3.63, 3.8) is 0 Å². The van der Waals surface area contributed by atoms with Gasteiger partial charge >= 0.3 is 0 Å². The number of rotatable bonds is 4. The summed E-state index contributed by atoms with van der Waals surface area (Å²) in [6, 6.07) is 0. The van der Waals surface area contributed by atoms with Gasteiger partial charge in [-0.25, -0.2) is 4.98 Å². The van der Waals surface area contributed by atoms with E-state index in [2.05, 4.69) is 21.8 Å². The number of fused-ring (bicyclic) bond motifs is 2. The number of nitrogens with one attached hydrogen (secondary N) is 1. The second-order valence-corrected chi connectivity index (χ2v) is 9.32. The van der Waals surface area contributed by atoms with Gasteiger partial charge < -0.3 is 14.8 Å². The quantitative estimate of drug-likeness (QED) is 0.874. The zero-order valence-corrected chi connectivity index (χ0v) is 16.5. The fourth-order valence-corrected chi connectivity index (χ4v) is 5.32. The summed E-state index contributed by atoms with van der Waals surface area (Å²) < 4.78 is 0. The molecule has 4 rings (SSSR count). The number of piperidine rings is 1. The minimum absolute atomic E-state index is 0.00514. The van der Waals surface area contributed by atoms with Crippen LogP contribution in [0.15, 0.2) is 6.33 Å². The van der Waals surface area contributed by atoms with Gasteiger partial charge in [-0.2, -0.15) is 0 Å². The van der Waals surface area contributed by atoms with E-state index in [-0.39, 0.29) is 22.6 Å². The third kappa shape index (κ3) is 2.94. The molecule has 1 saturated carbocycles. The van der Waals surface area contributed by atoms with E-state index in [0.717, 1.165) is 50.1 Å². The summed E-state index contributed by atoms with van der Waals surface area (Å²) in [7, 11) is 0. The van der Waals surface area contributed by atoms with E-state index < -0.39 is 0 Å². The van der Waals surface area contributed by atoms with E-state index in [1.165, 1.54) is 5.69 Å². The lowest BCUT2D eigenvalue weighted by Crippen LogP contribution is -2.59. The van der Waals surface area contributed by atoms with Crippen LogP contribution in [0.5, 0.6) is 0 Å². The van der Waals surface area contributed by atoms with Crippen molar-refractivity contribution >= 4 is 23.6 Å². The minimum Gasteiger partial charge on any atom is -0.348 e. The molecule has 7 heteroatoms. The van der Waals surface area contributed by atoms with Crippen molar-refractivity contribution in [1.82, 2.24) is 19.8 Å². The highest BCUT2D eigenvalue weighted by atomic mass is 32.2. The van der Waals surface area contributed by atoms with Crippen molar-refractivity contribution < 1.29 is 9.59 Å². The normalized spacial score (nSPS) is 23.0. The smallest absolute Gasteiger partial charge is 0.235 e. The van der Waals surface area contributed by atoms with E-state index in [1.54, 1.807) is 18.1 Å². The Bertz CT molecular complexity index is 691. The lowest BCUT2D eigenvalue weighted by molar-refractivity contribution is -0.145. The van der Waals surface area contributed by atoms with E-state index in [1.807, 2.05) is 11.8 Å². The molecule has 0 unspecified atom stereocenters. The highest BCUT2D eigenvalue weighted by Crippen LogP contribution is 2.45. The van der Waals surface area contributed by atoms with Crippen molar-refractivity contribution in [1.29, 1.82) is 0 Å².